The van der Waals surface area contributed by atoms with E-state index < -0.39 is 12.0 Å². The Morgan fingerprint density at radius 1 is 1.00 bits per heavy atom. The van der Waals surface area contributed by atoms with E-state index in [1.54, 1.807) is 48.5 Å². The lowest BCUT2D eigenvalue weighted by Crippen LogP contribution is -2.39. The lowest BCUT2D eigenvalue weighted by Gasteiger charge is -2.23. The number of carbonyl (C=O) groups is 1. The van der Waals surface area contributed by atoms with Crippen LogP contribution in [0.25, 0.3) is 6.08 Å². The van der Waals surface area contributed by atoms with E-state index in [0.29, 0.717) is 66.7 Å². The van der Waals surface area contributed by atoms with E-state index in [-0.39, 0.29) is 23.6 Å². The number of fused-ring (bicyclic) bond motifs is 1. The summed E-state index contributed by atoms with van der Waals surface area (Å²) in [5, 5.41) is 0. The zero-order valence-electron chi connectivity index (χ0n) is 25.0. The second-order valence-electron chi connectivity index (χ2n) is 9.69. The topological polar surface area (TPSA) is 97.6 Å². The van der Waals surface area contributed by atoms with Gasteiger partial charge in [0.05, 0.1) is 43.6 Å². The van der Waals surface area contributed by atoms with E-state index in [0.717, 1.165) is 0 Å². The zero-order valence-corrected chi connectivity index (χ0v) is 27.4. The molecule has 0 saturated heterocycles. The fraction of sp³-hybridized carbons (Fsp3) is 0.242. The molecule has 0 fully saturated rings. The van der Waals surface area contributed by atoms with Gasteiger partial charge in [0.1, 0.15) is 12.4 Å². The molecule has 0 N–H and O–H groups in total. The molecule has 1 atom stereocenters. The molecule has 0 bridgehead atoms. The third-order valence-corrected chi connectivity index (χ3v) is 8.54. The summed E-state index contributed by atoms with van der Waals surface area (Å²) < 4.78 is 44.2. The van der Waals surface area contributed by atoms with Crippen LogP contribution in [0.4, 0.5) is 4.39 Å². The van der Waals surface area contributed by atoms with Gasteiger partial charge in [-0.1, -0.05) is 45.5 Å². The van der Waals surface area contributed by atoms with Gasteiger partial charge < -0.3 is 23.7 Å². The van der Waals surface area contributed by atoms with Crippen molar-refractivity contribution < 1.29 is 32.9 Å². The number of nitrogens with zero attached hydrogens (tertiary/aromatic N) is 2. The lowest BCUT2D eigenvalue weighted by molar-refractivity contribution is -0.136. The summed E-state index contributed by atoms with van der Waals surface area (Å²) in [5.74, 6) is 0.968. The minimum atomic E-state index is -0.817. The number of aromatic nitrogens is 1. The Morgan fingerprint density at radius 2 is 1.76 bits per heavy atom. The van der Waals surface area contributed by atoms with Crippen molar-refractivity contribution in [3.05, 3.63) is 113 Å². The Labute approximate surface area is 270 Å². The molecule has 0 amide bonds. The van der Waals surface area contributed by atoms with Gasteiger partial charge in [-0.05, 0) is 73.0 Å². The van der Waals surface area contributed by atoms with Crippen molar-refractivity contribution in [1.82, 2.24) is 4.57 Å². The van der Waals surface area contributed by atoms with Gasteiger partial charge >= 0.3 is 5.97 Å². The number of carbonyl (C=O) groups excluding carboxylic acids is 1. The molecule has 234 valence electrons. The van der Waals surface area contributed by atoms with Crippen LogP contribution in [0.15, 0.2) is 80.6 Å². The van der Waals surface area contributed by atoms with Gasteiger partial charge in [0, 0.05) is 10.7 Å². The maximum absolute atomic E-state index is 14.0. The fourth-order valence-corrected chi connectivity index (χ4v) is 6.25. The molecule has 1 aliphatic rings. The molecule has 45 heavy (non-hydrogen) atoms. The number of halogens is 2. The summed E-state index contributed by atoms with van der Waals surface area (Å²) >= 11 is 4.76. The van der Waals surface area contributed by atoms with Crippen LogP contribution in [0, 0.1) is 5.82 Å². The van der Waals surface area contributed by atoms with Crippen LogP contribution in [-0.4, -0.2) is 38.0 Å². The summed E-state index contributed by atoms with van der Waals surface area (Å²) in [6.07, 6.45) is 3.15. The predicted molar refractivity (Wildman–Crippen MR) is 171 cm³/mol. The normalized spacial score (nSPS) is 14.2. The van der Waals surface area contributed by atoms with Crippen LogP contribution in [0.1, 0.15) is 36.6 Å². The highest BCUT2D eigenvalue weighted by molar-refractivity contribution is 9.10. The van der Waals surface area contributed by atoms with Crippen molar-refractivity contribution >= 4 is 39.3 Å². The first kappa shape index (κ1) is 32.0. The van der Waals surface area contributed by atoms with Crippen LogP contribution in [0.5, 0.6) is 23.0 Å². The Kier molecular flexibility index (Phi) is 10.0. The number of ether oxygens (including phenoxy) is 5. The monoisotopic (exact) mass is 696 g/mol. The highest BCUT2D eigenvalue weighted by Gasteiger charge is 2.31. The molecular formula is C33H30BrFN2O7S. The maximum Gasteiger partial charge on any atom is 0.337 e. The quantitative estimate of drug-likeness (QED) is 0.196. The maximum atomic E-state index is 14.0. The molecule has 0 unspecified atom stereocenters. The predicted octanol–water partition coefficient (Wildman–Crippen LogP) is 5.30. The van der Waals surface area contributed by atoms with Crippen molar-refractivity contribution in [2.45, 2.75) is 26.5 Å². The first-order valence-electron chi connectivity index (χ1n) is 14.0. The highest BCUT2D eigenvalue weighted by Crippen LogP contribution is 2.36. The van der Waals surface area contributed by atoms with Gasteiger partial charge in [0.25, 0.3) is 5.56 Å². The molecule has 0 aliphatic carbocycles. The van der Waals surface area contributed by atoms with E-state index in [1.165, 1.54) is 48.5 Å². The van der Waals surface area contributed by atoms with Gasteiger partial charge in [-0.25, -0.2) is 14.2 Å². The van der Waals surface area contributed by atoms with E-state index in [9.17, 15) is 14.0 Å². The molecule has 1 aromatic heterocycles. The van der Waals surface area contributed by atoms with Crippen LogP contribution in [-0.2, 0) is 16.1 Å². The van der Waals surface area contributed by atoms with Gasteiger partial charge in [0.15, 0.2) is 27.8 Å². The largest absolute Gasteiger partial charge is 0.493 e. The molecule has 9 nitrogen and oxygen atoms in total. The van der Waals surface area contributed by atoms with Gasteiger partial charge in [0.2, 0.25) is 0 Å². The Morgan fingerprint density at radius 3 is 2.47 bits per heavy atom. The average Bonchev–Trinajstić information content (AvgIpc) is 3.35. The van der Waals surface area contributed by atoms with E-state index in [2.05, 4.69) is 20.9 Å². The van der Waals surface area contributed by atoms with Crippen molar-refractivity contribution in [2.24, 2.45) is 4.99 Å². The van der Waals surface area contributed by atoms with Crippen molar-refractivity contribution in [3.63, 3.8) is 0 Å². The molecule has 0 spiro atoms. The summed E-state index contributed by atoms with van der Waals surface area (Å²) in [6.45, 7) is 4.72. The standard InChI is InChI=1S/C33H30BrFN2O7S/c1-5-42-25-11-10-20(13-27(25)43-6-2)30-23(32(39)41-4)17-36-33-37(30)31(38)29(45-33)15-21-14-26(40-3)28(16-24(21)34)44-18-19-8-7-9-22(35)12-19/h7-17,30H,5-6,18H2,1-4H3/b29-15-/t30-/m1/s1. The van der Waals surface area contributed by atoms with Gasteiger partial charge in [-0.15, -0.1) is 0 Å². The smallest absolute Gasteiger partial charge is 0.337 e. The Hall–Kier alpha value is -4.42. The summed E-state index contributed by atoms with van der Waals surface area (Å²) in [6, 6.07) is 14.1. The number of esters is 1. The minimum Gasteiger partial charge on any atom is -0.493 e. The Balaban J connectivity index is 1.57. The molecule has 5 rings (SSSR count). The molecule has 12 heteroatoms. The molecule has 4 aromatic rings. The number of methoxy groups -OCH3 is 2. The van der Waals surface area contributed by atoms with Crippen molar-refractivity contribution in [2.75, 3.05) is 27.4 Å². The summed E-state index contributed by atoms with van der Waals surface area (Å²) in [5.41, 5.74) is 1.80. The van der Waals surface area contributed by atoms with Crippen LogP contribution >= 0.6 is 27.3 Å². The second-order valence-corrected chi connectivity index (χ2v) is 11.6. The molecule has 1 aliphatic heterocycles. The summed E-state index contributed by atoms with van der Waals surface area (Å²) in [7, 11) is 2.79. The number of hydrogen-bond acceptors (Lipinski definition) is 9. The van der Waals surface area contributed by atoms with Crippen molar-refractivity contribution in [3.8, 4) is 23.0 Å². The first-order chi connectivity index (χ1) is 21.8. The van der Waals surface area contributed by atoms with Crippen molar-refractivity contribution in [1.29, 1.82) is 0 Å². The summed E-state index contributed by atoms with van der Waals surface area (Å²) in [4.78, 5) is 31.7. The van der Waals surface area contributed by atoms with Crippen LogP contribution < -0.4 is 33.8 Å². The molecule has 2 heterocycles. The second kappa shape index (κ2) is 14.1. The highest BCUT2D eigenvalue weighted by atomic mass is 79.9. The van der Waals surface area contributed by atoms with Crippen LogP contribution in [0.2, 0.25) is 0 Å². The SMILES string of the molecule is CCOc1ccc([C@@H]2C(C(=O)OC)=CN=c3s/c(=C\c4cc(OC)c(OCc5cccc(F)c5)cc4Br)c(=O)n32)cc1OCC. The third-order valence-electron chi connectivity index (χ3n) is 6.86. The van der Waals surface area contributed by atoms with E-state index in [4.69, 9.17) is 23.7 Å². The first-order valence-corrected chi connectivity index (χ1v) is 15.6. The van der Waals surface area contributed by atoms with E-state index in [1.807, 2.05) is 13.8 Å². The molecule has 3 aromatic carbocycles. The molecular weight excluding hydrogens is 667 g/mol. The van der Waals surface area contributed by atoms with Gasteiger partial charge in [-0.3, -0.25) is 9.36 Å². The number of rotatable bonds is 11. The van der Waals surface area contributed by atoms with Crippen LogP contribution in [0.3, 0.4) is 0 Å². The molecule has 0 radical (unpaired) electrons. The number of thiazole rings is 1. The van der Waals surface area contributed by atoms with Gasteiger partial charge in [-0.2, -0.15) is 0 Å². The third kappa shape index (κ3) is 6.81. The number of hydrogen-bond donors (Lipinski definition) is 0. The molecule has 0 saturated carbocycles. The van der Waals surface area contributed by atoms with E-state index >= 15 is 0 Å². The fourth-order valence-electron chi connectivity index (χ4n) is 4.85. The number of benzene rings is 3. The minimum absolute atomic E-state index is 0.137. The lowest BCUT2D eigenvalue weighted by atomic mass is 9.97. The zero-order chi connectivity index (χ0) is 32.1. The Bertz CT molecular complexity index is 1950. The average molecular weight is 698 g/mol.